The molecule has 4 atom stereocenters. The number of amides is 2. The molecule has 12 heteroatoms. The summed E-state index contributed by atoms with van der Waals surface area (Å²) < 4.78 is 8.90. The highest BCUT2D eigenvalue weighted by atomic mass is 35.5. The lowest BCUT2D eigenvalue weighted by Gasteiger charge is -2.44. The van der Waals surface area contributed by atoms with Crippen molar-refractivity contribution in [2.45, 2.75) is 49.0 Å². The normalized spacial score (nSPS) is 23.9. The van der Waals surface area contributed by atoms with Crippen LogP contribution >= 0.6 is 23.4 Å². The van der Waals surface area contributed by atoms with Crippen LogP contribution < -0.4 is 10.6 Å². The van der Waals surface area contributed by atoms with E-state index in [-0.39, 0.29) is 11.8 Å². The van der Waals surface area contributed by atoms with Crippen molar-refractivity contribution in [1.82, 2.24) is 15.5 Å². The summed E-state index contributed by atoms with van der Waals surface area (Å²) in [7, 11) is 1.24. The van der Waals surface area contributed by atoms with Gasteiger partial charge >= 0.3 is 11.9 Å². The van der Waals surface area contributed by atoms with E-state index in [1.807, 2.05) is 13.8 Å². The summed E-state index contributed by atoms with van der Waals surface area (Å²) in [5.41, 5.74) is 0.862. The fraction of sp³-hybridized carbons (Fsp3) is 0.455. The molecule has 0 bridgehead atoms. The first-order valence-corrected chi connectivity index (χ1v) is 11.8. The number of phenols is 1. The first kappa shape index (κ1) is 25.7. The van der Waals surface area contributed by atoms with Gasteiger partial charge < -0.3 is 30.1 Å². The largest absolute Gasteiger partial charge is 0.508 e. The molecule has 0 radical (unpaired) electrons. The lowest BCUT2D eigenvalue weighted by molar-refractivity contribution is -0.163. The fourth-order valence-electron chi connectivity index (χ4n) is 3.97. The number of rotatable bonds is 8. The van der Waals surface area contributed by atoms with E-state index in [1.54, 1.807) is 19.1 Å². The molecular formula is C22H26ClN3O7S. The van der Waals surface area contributed by atoms with Crippen molar-refractivity contribution in [2.75, 3.05) is 13.2 Å². The van der Waals surface area contributed by atoms with Crippen molar-refractivity contribution in [2.24, 2.45) is 0 Å². The molecule has 2 saturated heterocycles. The zero-order valence-corrected chi connectivity index (χ0v) is 20.6. The Morgan fingerprint density at radius 1 is 1.29 bits per heavy atom. The standard InChI is InChI=1S/C22H26ClN3O7S/c1-11(9-14(28)32-4)24-15(12-5-7-13(27)8-6-12)18(29)25-16-19(30)26-17(21(31)33-10-23)22(2,3)34-20(16)26/h5-9,15-17,20,24,27H,10H2,1-4H3,(H,25,29)/t15?,16-,17+,20-/m1/s1. The number of halogens is 1. The molecule has 0 spiro atoms. The van der Waals surface area contributed by atoms with Crippen LogP contribution in [0.4, 0.5) is 0 Å². The van der Waals surface area contributed by atoms with Crippen molar-refractivity contribution < 1.29 is 33.8 Å². The minimum absolute atomic E-state index is 0.0222. The van der Waals surface area contributed by atoms with Crippen LogP contribution in [0.5, 0.6) is 5.75 Å². The monoisotopic (exact) mass is 511 g/mol. The Morgan fingerprint density at radius 3 is 2.53 bits per heavy atom. The Kier molecular flexibility index (Phi) is 7.67. The number of esters is 2. The number of thioether (sulfide) groups is 1. The molecule has 2 fully saturated rings. The van der Waals surface area contributed by atoms with Gasteiger partial charge in [0.2, 0.25) is 11.8 Å². The second-order valence-electron chi connectivity index (χ2n) is 8.34. The minimum atomic E-state index is -0.972. The van der Waals surface area contributed by atoms with E-state index in [0.29, 0.717) is 11.3 Å². The molecular weight excluding hydrogens is 486 g/mol. The van der Waals surface area contributed by atoms with Gasteiger partial charge in [0.05, 0.1) is 7.11 Å². The van der Waals surface area contributed by atoms with E-state index < -0.39 is 52.0 Å². The summed E-state index contributed by atoms with van der Waals surface area (Å²) >= 11 is 6.91. The third-order valence-corrected chi connectivity index (χ3v) is 7.24. The molecule has 0 aromatic heterocycles. The van der Waals surface area contributed by atoms with Gasteiger partial charge in [-0.25, -0.2) is 9.59 Å². The van der Waals surface area contributed by atoms with Crippen LogP contribution in [-0.2, 0) is 28.7 Å². The third-order valence-electron chi connectivity index (χ3n) is 5.56. The highest BCUT2D eigenvalue weighted by molar-refractivity contribution is 8.01. The molecule has 2 amide bonds. The van der Waals surface area contributed by atoms with Crippen LogP contribution in [0.1, 0.15) is 32.4 Å². The van der Waals surface area contributed by atoms with Gasteiger partial charge in [0.25, 0.3) is 0 Å². The van der Waals surface area contributed by atoms with Gasteiger partial charge in [0.1, 0.15) is 29.2 Å². The maximum Gasteiger partial charge on any atom is 0.332 e. The van der Waals surface area contributed by atoms with Crippen LogP contribution in [-0.4, -0.2) is 69.1 Å². The Labute approximate surface area is 206 Å². The predicted molar refractivity (Wildman–Crippen MR) is 125 cm³/mol. The Hall–Kier alpha value is -2.92. The quantitative estimate of drug-likeness (QED) is 0.205. The van der Waals surface area contributed by atoms with Gasteiger partial charge in [0.15, 0.2) is 6.07 Å². The summed E-state index contributed by atoms with van der Waals surface area (Å²) in [4.78, 5) is 51.6. The smallest absolute Gasteiger partial charge is 0.332 e. The molecule has 3 N–H and O–H groups in total. The number of allylic oxidation sites excluding steroid dienone is 1. The SMILES string of the molecule is COC(=O)C=C(C)NC(C(=O)N[C@@H]1C(=O)N2[C@@H]1SC(C)(C)[C@@H]2C(=O)OCCl)c1ccc(O)cc1. The number of benzene rings is 1. The molecule has 2 aliphatic rings. The van der Waals surface area contributed by atoms with Crippen molar-refractivity contribution >= 4 is 47.1 Å². The summed E-state index contributed by atoms with van der Waals surface area (Å²) in [6, 6.07) is 3.00. The maximum absolute atomic E-state index is 13.3. The Morgan fingerprint density at radius 2 is 1.94 bits per heavy atom. The van der Waals surface area contributed by atoms with E-state index in [9.17, 15) is 24.3 Å². The predicted octanol–water partition coefficient (Wildman–Crippen LogP) is 1.39. The second kappa shape index (κ2) is 10.1. The van der Waals surface area contributed by atoms with E-state index in [4.69, 9.17) is 16.3 Å². The summed E-state index contributed by atoms with van der Waals surface area (Å²) in [6.45, 7) is 5.24. The number of methoxy groups -OCH3 is 1. The first-order chi connectivity index (χ1) is 16.0. The number of β-lactam (4-membered cyclic amide) rings is 1. The highest BCUT2D eigenvalue weighted by Crippen LogP contribution is 2.51. The van der Waals surface area contributed by atoms with E-state index in [0.717, 1.165) is 0 Å². The van der Waals surface area contributed by atoms with Crippen LogP contribution in [0, 0.1) is 0 Å². The number of carbonyl (C=O) groups is 4. The number of alkyl halides is 1. The molecule has 10 nitrogen and oxygen atoms in total. The Balaban J connectivity index is 1.80. The number of carbonyl (C=O) groups excluding carboxylic acids is 4. The van der Waals surface area contributed by atoms with Gasteiger partial charge in [-0.2, -0.15) is 0 Å². The fourth-order valence-corrected chi connectivity index (χ4v) is 5.70. The number of hydrogen-bond acceptors (Lipinski definition) is 9. The van der Waals surface area contributed by atoms with Crippen LogP contribution in [0.3, 0.4) is 0 Å². The molecule has 0 aliphatic carbocycles. The number of aromatic hydroxyl groups is 1. The summed E-state index contributed by atoms with van der Waals surface area (Å²) in [5.74, 6) is -2.10. The lowest BCUT2D eigenvalue weighted by Crippen LogP contribution is -2.71. The number of phenolic OH excluding ortho intramolecular Hbond substituents is 1. The van der Waals surface area contributed by atoms with Gasteiger partial charge in [-0.3, -0.25) is 9.59 Å². The lowest BCUT2D eigenvalue weighted by atomic mass is 9.95. The van der Waals surface area contributed by atoms with Crippen LogP contribution in [0.25, 0.3) is 0 Å². The van der Waals surface area contributed by atoms with Gasteiger partial charge in [-0.05, 0) is 38.5 Å². The molecule has 1 aromatic carbocycles. The summed E-state index contributed by atoms with van der Waals surface area (Å²) in [5, 5.41) is 14.9. The molecule has 2 aliphatic heterocycles. The Bertz CT molecular complexity index is 1010. The minimum Gasteiger partial charge on any atom is -0.508 e. The number of ether oxygens (including phenoxy) is 2. The summed E-state index contributed by atoms with van der Waals surface area (Å²) in [6.07, 6.45) is 1.19. The van der Waals surface area contributed by atoms with E-state index >= 15 is 0 Å². The average molecular weight is 512 g/mol. The number of hydrogen-bond donors (Lipinski definition) is 3. The van der Waals surface area contributed by atoms with E-state index in [1.165, 1.54) is 42.0 Å². The number of nitrogens with zero attached hydrogens (tertiary/aromatic N) is 1. The van der Waals surface area contributed by atoms with Gasteiger partial charge in [-0.1, -0.05) is 23.7 Å². The zero-order chi connectivity index (χ0) is 25.2. The van der Waals surface area contributed by atoms with Crippen molar-refractivity contribution in [3.63, 3.8) is 0 Å². The molecule has 2 heterocycles. The van der Waals surface area contributed by atoms with Crippen LogP contribution in [0.15, 0.2) is 36.0 Å². The number of fused-ring (bicyclic) bond motifs is 1. The molecule has 1 unspecified atom stereocenters. The average Bonchev–Trinajstić information content (AvgIpc) is 3.04. The van der Waals surface area contributed by atoms with Crippen molar-refractivity contribution in [1.29, 1.82) is 0 Å². The third kappa shape index (κ3) is 5.10. The topological polar surface area (TPSA) is 134 Å². The molecule has 184 valence electrons. The van der Waals surface area contributed by atoms with Crippen molar-refractivity contribution in [3.8, 4) is 5.75 Å². The first-order valence-electron chi connectivity index (χ1n) is 10.3. The number of nitrogens with one attached hydrogen (secondary N) is 2. The van der Waals surface area contributed by atoms with Gasteiger partial charge in [0, 0.05) is 16.5 Å². The second-order valence-corrected chi connectivity index (χ2v) is 10.3. The van der Waals surface area contributed by atoms with Crippen LogP contribution in [0.2, 0.25) is 0 Å². The molecule has 34 heavy (non-hydrogen) atoms. The molecule has 1 aromatic rings. The van der Waals surface area contributed by atoms with Gasteiger partial charge in [-0.15, -0.1) is 11.8 Å². The zero-order valence-electron chi connectivity index (χ0n) is 19.0. The molecule has 3 rings (SSSR count). The highest BCUT2D eigenvalue weighted by Gasteiger charge is 2.64. The maximum atomic E-state index is 13.3. The molecule has 0 saturated carbocycles. The van der Waals surface area contributed by atoms with Crippen molar-refractivity contribution in [3.05, 3.63) is 41.6 Å². The van der Waals surface area contributed by atoms with E-state index in [2.05, 4.69) is 15.4 Å².